The number of hydrogen-bond donors (Lipinski definition) is 1. The molecular formula is C15H18N2. The highest BCUT2D eigenvalue weighted by Crippen LogP contribution is 2.21. The van der Waals surface area contributed by atoms with Crippen LogP contribution in [0.4, 0.5) is 0 Å². The van der Waals surface area contributed by atoms with Gasteiger partial charge in [-0.2, -0.15) is 0 Å². The summed E-state index contributed by atoms with van der Waals surface area (Å²) < 4.78 is 0. The van der Waals surface area contributed by atoms with Crippen LogP contribution in [0, 0.1) is 6.92 Å². The molecule has 2 nitrogen and oxygen atoms in total. The van der Waals surface area contributed by atoms with Gasteiger partial charge in [-0.1, -0.05) is 42.8 Å². The molecule has 1 aromatic carbocycles. The molecule has 0 saturated carbocycles. The molecule has 0 saturated heterocycles. The molecule has 0 aliphatic carbocycles. The highest BCUT2D eigenvalue weighted by Gasteiger charge is 2.13. The molecule has 0 fully saturated rings. The summed E-state index contributed by atoms with van der Waals surface area (Å²) in [5, 5.41) is 0. The predicted molar refractivity (Wildman–Crippen MR) is 70.8 cm³/mol. The van der Waals surface area contributed by atoms with Gasteiger partial charge in [0.05, 0.1) is 11.7 Å². The number of aryl methyl sites for hydroxylation is 2. The average Bonchev–Trinajstić information content (AvgIpc) is 2.38. The van der Waals surface area contributed by atoms with Crippen LogP contribution < -0.4 is 5.73 Å². The van der Waals surface area contributed by atoms with Crippen molar-refractivity contribution in [3.05, 3.63) is 65.0 Å². The van der Waals surface area contributed by atoms with Gasteiger partial charge in [-0.15, -0.1) is 0 Å². The van der Waals surface area contributed by atoms with E-state index in [1.54, 1.807) is 0 Å². The van der Waals surface area contributed by atoms with Crippen molar-refractivity contribution < 1.29 is 0 Å². The zero-order chi connectivity index (χ0) is 12.3. The van der Waals surface area contributed by atoms with E-state index in [4.69, 9.17) is 5.73 Å². The quantitative estimate of drug-likeness (QED) is 0.873. The number of nitrogens with zero attached hydrogens (tertiary/aromatic N) is 1. The van der Waals surface area contributed by atoms with Crippen LogP contribution in [0.2, 0.25) is 0 Å². The van der Waals surface area contributed by atoms with Crippen LogP contribution in [0.5, 0.6) is 0 Å². The standard InChI is InChI=1S/C15H18N2/c1-3-12-8-5-9-17-15(12)14(16)13-7-4-6-11(2)10-13/h4-10,14H,3,16H2,1-2H3. The first-order chi connectivity index (χ1) is 8.22. The predicted octanol–water partition coefficient (Wildman–Crippen LogP) is 3.00. The molecule has 17 heavy (non-hydrogen) atoms. The first kappa shape index (κ1) is 11.8. The number of benzene rings is 1. The van der Waals surface area contributed by atoms with E-state index in [0.29, 0.717) is 0 Å². The lowest BCUT2D eigenvalue weighted by molar-refractivity contribution is 0.805. The van der Waals surface area contributed by atoms with Crippen LogP contribution in [-0.2, 0) is 6.42 Å². The summed E-state index contributed by atoms with van der Waals surface area (Å²) in [4.78, 5) is 4.43. The molecule has 1 atom stereocenters. The van der Waals surface area contributed by atoms with Crippen molar-refractivity contribution >= 4 is 0 Å². The fourth-order valence-corrected chi connectivity index (χ4v) is 2.05. The normalized spacial score (nSPS) is 12.4. The second-order valence-corrected chi connectivity index (χ2v) is 4.29. The van der Waals surface area contributed by atoms with Crippen LogP contribution in [0.25, 0.3) is 0 Å². The van der Waals surface area contributed by atoms with Gasteiger partial charge in [-0.3, -0.25) is 4.98 Å². The minimum absolute atomic E-state index is 0.133. The van der Waals surface area contributed by atoms with Gasteiger partial charge in [0.1, 0.15) is 0 Å². The second-order valence-electron chi connectivity index (χ2n) is 4.29. The molecule has 2 N–H and O–H groups in total. The van der Waals surface area contributed by atoms with Crippen LogP contribution in [0.1, 0.15) is 35.3 Å². The summed E-state index contributed by atoms with van der Waals surface area (Å²) in [5.74, 6) is 0. The third kappa shape index (κ3) is 2.53. The number of rotatable bonds is 3. The topological polar surface area (TPSA) is 38.9 Å². The highest BCUT2D eigenvalue weighted by molar-refractivity contribution is 5.34. The minimum atomic E-state index is -0.133. The molecule has 0 amide bonds. The zero-order valence-corrected chi connectivity index (χ0v) is 10.4. The van der Waals surface area contributed by atoms with E-state index >= 15 is 0 Å². The molecule has 2 heteroatoms. The van der Waals surface area contributed by atoms with Gasteiger partial charge in [0.2, 0.25) is 0 Å². The fourth-order valence-electron chi connectivity index (χ4n) is 2.05. The van der Waals surface area contributed by atoms with Gasteiger partial charge in [0.25, 0.3) is 0 Å². The second kappa shape index (κ2) is 5.11. The monoisotopic (exact) mass is 226 g/mol. The van der Waals surface area contributed by atoms with Gasteiger partial charge >= 0.3 is 0 Å². The van der Waals surface area contributed by atoms with Crippen LogP contribution >= 0.6 is 0 Å². The van der Waals surface area contributed by atoms with E-state index < -0.39 is 0 Å². The molecule has 88 valence electrons. The van der Waals surface area contributed by atoms with E-state index in [1.165, 1.54) is 11.1 Å². The Morgan fingerprint density at radius 2 is 2.06 bits per heavy atom. The molecule has 1 aromatic heterocycles. The molecule has 2 rings (SSSR count). The van der Waals surface area contributed by atoms with Crippen molar-refractivity contribution in [1.82, 2.24) is 4.98 Å². The number of aromatic nitrogens is 1. The van der Waals surface area contributed by atoms with Gasteiger partial charge < -0.3 is 5.73 Å². The first-order valence-corrected chi connectivity index (χ1v) is 5.98. The summed E-state index contributed by atoms with van der Waals surface area (Å²) in [6, 6.07) is 12.2. The van der Waals surface area contributed by atoms with E-state index in [9.17, 15) is 0 Å². The lowest BCUT2D eigenvalue weighted by Gasteiger charge is -2.15. The van der Waals surface area contributed by atoms with Crippen molar-refractivity contribution in [1.29, 1.82) is 0 Å². The average molecular weight is 226 g/mol. The SMILES string of the molecule is CCc1cccnc1C(N)c1cccc(C)c1. The van der Waals surface area contributed by atoms with E-state index in [-0.39, 0.29) is 6.04 Å². The number of nitrogens with two attached hydrogens (primary N) is 1. The Bertz CT molecular complexity index is 506. The minimum Gasteiger partial charge on any atom is -0.319 e. The Morgan fingerprint density at radius 3 is 2.76 bits per heavy atom. The maximum absolute atomic E-state index is 6.30. The lowest BCUT2D eigenvalue weighted by Crippen LogP contribution is -2.15. The van der Waals surface area contributed by atoms with E-state index in [2.05, 4.69) is 43.1 Å². The molecule has 0 aliphatic heterocycles. The maximum atomic E-state index is 6.30. The molecule has 1 unspecified atom stereocenters. The maximum Gasteiger partial charge on any atom is 0.0729 e. The van der Waals surface area contributed by atoms with Crippen molar-refractivity contribution in [2.75, 3.05) is 0 Å². The molecule has 2 aromatic rings. The molecular weight excluding hydrogens is 208 g/mol. The van der Waals surface area contributed by atoms with Gasteiger partial charge in [0, 0.05) is 6.20 Å². The summed E-state index contributed by atoms with van der Waals surface area (Å²) in [7, 11) is 0. The Labute approximate surface area is 103 Å². The van der Waals surface area contributed by atoms with E-state index in [1.807, 2.05) is 18.3 Å². The third-order valence-corrected chi connectivity index (χ3v) is 3.00. The molecule has 0 bridgehead atoms. The van der Waals surface area contributed by atoms with Gasteiger partial charge in [0.15, 0.2) is 0 Å². The van der Waals surface area contributed by atoms with Crippen LogP contribution in [0.3, 0.4) is 0 Å². The van der Waals surface area contributed by atoms with Crippen molar-refractivity contribution in [2.45, 2.75) is 26.3 Å². The Balaban J connectivity index is 2.40. The van der Waals surface area contributed by atoms with Crippen molar-refractivity contribution in [2.24, 2.45) is 5.73 Å². The van der Waals surface area contributed by atoms with Gasteiger partial charge in [-0.25, -0.2) is 0 Å². The summed E-state index contributed by atoms with van der Waals surface area (Å²) in [6.07, 6.45) is 2.77. The fraction of sp³-hybridized carbons (Fsp3) is 0.267. The van der Waals surface area contributed by atoms with Gasteiger partial charge in [-0.05, 0) is 30.5 Å². The van der Waals surface area contributed by atoms with Crippen LogP contribution in [0.15, 0.2) is 42.6 Å². The van der Waals surface area contributed by atoms with Crippen molar-refractivity contribution in [3.63, 3.8) is 0 Å². The largest absolute Gasteiger partial charge is 0.319 e. The number of hydrogen-bond acceptors (Lipinski definition) is 2. The van der Waals surface area contributed by atoms with E-state index in [0.717, 1.165) is 17.7 Å². The van der Waals surface area contributed by atoms with Crippen LogP contribution in [-0.4, -0.2) is 4.98 Å². The summed E-state index contributed by atoms with van der Waals surface area (Å²) in [6.45, 7) is 4.21. The molecule has 0 aliphatic rings. The smallest absolute Gasteiger partial charge is 0.0729 e. The molecule has 0 radical (unpaired) electrons. The number of pyridine rings is 1. The first-order valence-electron chi connectivity index (χ1n) is 5.98. The highest BCUT2D eigenvalue weighted by atomic mass is 14.8. The Morgan fingerprint density at radius 1 is 1.24 bits per heavy atom. The Hall–Kier alpha value is -1.67. The molecule has 0 spiro atoms. The van der Waals surface area contributed by atoms with Crippen molar-refractivity contribution in [3.8, 4) is 0 Å². The summed E-state index contributed by atoms with van der Waals surface area (Å²) in [5.41, 5.74) is 10.9. The Kier molecular flexibility index (Phi) is 3.55. The summed E-state index contributed by atoms with van der Waals surface area (Å²) >= 11 is 0. The zero-order valence-electron chi connectivity index (χ0n) is 10.4. The lowest BCUT2D eigenvalue weighted by atomic mass is 9.98. The third-order valence-electron chi connectivity index (χ3n) is 3.00. The molecule has 1 heterocycles.